The molecule has 0 fully saturated rings. The minimum atomic E-state index is 0.195. The number of hydrogen-bond donors (Lipinski definition) is 1. The van der Waals surface area contributed by atoms with Crippen LogP contribution in [0.15, 0.2) is 18.2 Å². The van der Waals surface area contributed by atoms with Crippen molar-refractivity contribution in [3.63, 3.8) is 0 Å². The molecule has 2 nitrogen and oxygen atoms in total. The molecular formula is C14H16IN2-. The van der Waals surface area contributed by atoms with E-state index >= 15 is 0 Å². The van der Waals surface area contributed by atoms with Crippen LogP contribution in [-0.4, -0.2) is 14.9 Å². The predicted octanol–water partition coefficient (Wildman–Crippen LogP) is -0.704. The van der Waals surface area contributed by atoms with Gasteiger partial charge in [-0.3, -0.25) is 0 Å². The van der Waals surface area contributed by atoms with Crippen LogP contribution in [0.1, 0.15) is 28.3 Å². The van der Waals surface area contributed by atoms with Gasteiger partial charge in [0.05, 0.1) is 0 Å². The van der Waals surface area contributed by atoms with Crippen molar-refractivity contribution in [3.8, 4) is 0 Å². The Morgan fingerprint density at radius 1 is 1.24 bits per heavy atom. The van der Waals surface area contributed by atoms with Gasteiger partial charge in [-0.15, -0.1) is 0 Å². The summed E-state index contributed by atoms with van der Waals surface area (Å²) in [5.74, 6) is 1.05. The molecule has 1 N–H and O–H groups in total. The summed E-state index contributed by atoms with van der Waals surface area (Å²) in [4.78, 5) is 10.3. The van der Waals surface area contributed by atoms with Crippen LogP contribution in [0.5, 0.6) is 0 Å². The summed E-state index contributed by atoms with van der Waals surface area (Å²) in [6, 6.07) is 7.05. The number of benzene rings is 1. The number of aromatic nitrogens is 2. The first-order chi connectivity index (χ1) is 8.26. The van der Waals surface area contributed by atoms with Crippen LogP contribution in [0.2, 0.25) is 0 Å². The molecule has 0 aliphatic heterocycles. The van der Waals surface area contributed by atoms with Crippen LogP contribution in [-0.2, 0) is 19.3 Å². The molecule has 0 atom stereocenters. The van der Waals surface area contributed by atoms with Crippen LogP contribution in [0.25, 0.3) is 0 Å². The number of aromatic amines is 1. The Hall–Kier alpha value is -0.840. The van der Waals surface area contributed by atoms with Gasteiger partial charge in [0.15, 0.2) is 0 Å². The molecule has 0 amide bonds. The standard InChI is InChI=1S/C14H16IN2/c1-9-16-13-6-4-10-3-5-12(15-2)7-11(10)8-14(13)17-9/h3,5,7H,4,6,8H2,1-2H3,(H,16,17)/q-1. The zero-order chi connectivity index (χ0) is 11.8. The molecule has 0 unspecified atom stereocenters. The molecule has 2 aromatic rings. The van der Waals surface area contributed by atoms with Gasteiger partial charge < -0.3 is 0 Å². The van der Waals surface area contributed by atoms with Crippen molar-refractivity contribution in [2.75, 3.05) is 4.93 Å². The quantitative estimate of drug-likeness (QED) is 0.540. The van der Waals surface area contributed by atoms with Crippen molar-refractivity contribution >= 4 is 0 Å². The summed E-state index contributed by atoms with van der Waals surface area (Å²) >= 11 is 0.195. The Morgan fingerprint density at radius 3 is 2.94 bits per heavy atom. The Labute approximate surface area is 112 Å². The Bertz CT molecular complexity index is 557. The van der Waals surface area contributed by atoms with E-state index in [0.717, 1.165) is 25.1 Å². The molecular weight excluding hydrogens is 323 g/mol. The molecule has 90 valence electrons. The molecule has 1 aromatic carbocycles. The summed E-state index contributed by atoms with van der Waals surface area (Å²) in [6.07, 6.45) is 3.24. The number of rotatable bonds is 1. The molecule has 0 saturated carbocycles. The molecule has 1 heterocycles. The summed E-state index contributed by atoms with van der Waals surface area (Å²) in [6.45, 7) is 2.05. The molecule has 17 heavy (non-hydrogen) atoms. The Morgan fingerprint density at radius 2 is 2.12 bits per heavy atom. The number of alkyl halides is 1. The van der Waals surface area contributed by atoms with E-state index in [9.17, 15) is 0 Å². The second-order valence-corrected chi connectivity index (χ2v) is 6.85. The SMILES string of the molecule is C[I-]c1ccc2c(c1)Cc1[nH]c(C)nc1CC2. The first kappa shape index (κ1) is 11.3. The van der Waals surface area contributed by atoms with Gasteiger partial charge in [-0.1, -0.05) is 0 Å². The van der Waals surface area contributed by atoms with Crippen molar-refractivity contribution in [2.24, 2.45) is 0 Å². The van der Waals surface area contributed by atoms with E-state index in [4.69, 9.17) is 0 Å². The van der Waals surface area contributed by atoms with E-state index < -0.39 is 0 Å². The molecule has 3 rings (SSSR count). The number of fused-ring (bicyclic) bond motifs is 2. The number of imidazole rings is 1. The monoisotopic (exact) mass is 339 g/mol. The minimum absolute atomic E-state index is 0.195. The molecule has 1 aromatic heterocycles. The molecule has 0 radical (unpaired) electrons. The van der Waals surface area contributed by atoms with E-state index in [0.29, 0.717) is 0 Å². The molecule has 3 heteroatoms. The Balaban J connectivity index is 2.04. The first-order valence-electron chi connectivity index (χ1n) is 5.92. The van der Waals surface area contributed by atoms with E-state index in [-0.39, 0.29) is 21.2 Å². The zero-order valence-corrected chi connectivity index (χ0v) is 12.3. The molecule has 1 aliphatic carbocycles. The van der Waals surface area contributed by atoms with Crippen molar-refractivity contribution in [2.45, 2.75) is 26.2 Å². The number of hydrogen-bond acceptors (Lipinski definition) is 1. The fourth-order valence-electron chi connectivity index (χ4n) is 2.51. The number of H-pyrrole nitrogens is 1. The van der Waals surface area contributed by atoms with Gasteiger partial charge in [-0.05, 0) is 0 Å². The normalized spacial score (nSPS) is 14.2. The van der Waals surface area contributed by atoms with Gasteiger partial charge in [0.1, 0.15) is 0 Å². The fraction of sp³-hybridized carbons (Fsp3) is 0.357. The van der Waals surface area contributed by atoms with Crippen LogP contribution in [0, 0.1) is 10.5 Å². The Kier molecular flexibility index (Phi) is 2.94. The van der Waals surface area contributed by atoms with Crippen LogP contribution in [0.3, 0.4) is 0 Å². The third-order valence-electron chi connectivity index (χ3n) is 3.37. The second kappa shape index (κ2) is 4.44. The maximum atomic E-state index is 4.59. The maximum absolute atomic E-state index is 4.59. The zero-order valence-electron chi connectivity index (χ0n) is 10.2. The molecule has 0 bridgehead atoms. The van der Waals surface area contributed by atoms with Crippen molar-refractivity contribution in [3.05, 3.63) is 50.1 Å². The predicted molar refractivity (Wildman–Crippen MR) is 64.6 cm³/mol. The summed E-state index contributed by atoms with van der Waals surface area (Å²) < 4.78 is 1.54. The average molecular weight is 339 g/mol. The van der Waals surface area contributed by atoms with Gasteiger partial charge in [0, 0.05) is 0 Å². The van der Waals surface area contributed by atoms with Crippen LogP contribution in [0.4, 0.5) is 0 Å². The van der Waals surface area contributed by atoms with E-state index in [1.54, 1.807) is 3.57 Å². The number of halogens is 1. The second-order valence-electron chi connectivity index (χ2n) is 4.53. The molecule has 0 saturated heterocycles. The van der Waals surface area contributed by atoms with Gasteiger partial charge in [0.25, 0.3) is 0 Å². The van der Waals surface area contributed by atoms with Crippen molar-refractivity contribution in [1.29, 1.82) is 0 Å². The van der Waals surface area contributed by atoms with Gasteiger partial charge in [-0.25, -0.2) is 0 Å². The van der Waals surface area contributed by atoms with Gasteiger partial charge >= 0.3 is 112 Å². The van der Waals surface area contributed by atoms with E-state index in [1.165, 1.54) is 22.5 Å². The third kappa shape index (κ3) is 2.12. The van der Waals surface area contributed by atoms with Crippen LogP contribution >= 0.6 is 0 Å². The third-order valence-corrected chi connectivity index (χ3v) is 5.28. The van der Waals surface area contributed by atoms with Crippen molar-refractivity contribution < 1.29 is 21.2 Å². The number of nitrogens with zero attached hydrogens (tertiary/aromatic N) is 1. The molecule has 0 spiro atoms. The van der Waals surface area contributed by atoms with E-state index in [2.05, 4.69) is 33.1 Å². The summed E-state index contributed by atoms with van der Waals surface area (Å²) in [5, 5.41) is 0. The number of nitrogens with one attached hydrogen (secondary N) is 1. The average Bonchev–Trinajstić information content (AvgIpc) is 2.59. The topological polar surface area (TPSA) is 28.7 Å². The van der Waals surface area contributed by atoms with Gasteiger partial charge in [0.2, 0.25) is 0 Å². The first-order valence-corrected chi connectivity index (χ1v) is 9.15. The van der Waals surface area contributed by atoms with Crippen molar-refractivity contribution in [1.82, 2.24) is 9.97 Å². The molecule has 1 aliphatic rings. The van der Waals surface area contributed by atoms with Gasteiger partial charge in [-0.2, -0.15) is 0 Å². The van der Waals surface area contributed by atoms with E-state index in [1.807, 2.05) is 6.92 Å². The fourth-order valence-corrected chi connectivity index (χ4v) is 3.73. The summed E-state index contributed by atoms with van der Waals surface area (Å²) in [7, 11) is 0. The summed E-state index contributed by atoms with van der Waals surface area (Å²) in [5.41, 5.74) is 5.61. The number of aryl methyl sites for hydroxylation is 3. The van der Waals surface area contributed by atoms with Crippen LogP contribution < -0.4 is 21.2 Å².